The molecule has 35 heavy (non-hydrogen) atoms. The molecule has 0 amide bonds. The SMILES string of the molecule is COc1ccc2[nH]c(=O)c(CN(C3CCCCC3)[C@H](c3nnnn3C3CCCC3)C(C)C)cc2c1. The first-order chi connectivity index (χ1) is 17.0. The van der Waals surface area contributed by atoms with Crippen LogP contribution in [-0.2, 0) is 6.54 Å². The minimum absolute atomic E-state index is 0.0265. The van der Waals surface area contributed by atoms with E-state index in [0.717, 1.165) is 53.7 Å². The van der Waals surface area contributed by atoms with Crippen LogP contribution in [0.1, 0.15) is 95.1 Å². The maximum Gasteiger partial charge on any atom is 0.252 e. The van der Waals surface area contributed by atoms with E-state index in [1.807, 2.05) is 24.3 Å². The minimum Gasteiger partial charge on any atom is -0.497 e. The molecule has 8 heteroatoms. The highest BCUT2D eigenvalue weighted by molar-refractivity contribution is 5.80. The van der Waals surface area contributed by atoms with Gasteiger partial charge in [0, 0.05) is 29.1 Å². The van der Waals surface area contributed by atoms with Crippen molar-refractivity contribution in [3.63, 3.8) is 0 Å². The van der Waals surface area contributed by atoms with Gasteiger partial charge in [0.15, 0.2) is 5.82 Å². The number of hydrogen-bond donors (Lipinski definition) is 1. The van der Waals surface area contributed by atoms with Gasteiger partial charge in [-0.1, -0.05) is 46.0 Å². The highest BCUT2D eigenvalue weighted by Gasteiger charge is 2.36. The van der Waals surface area contributed by atoms with E-state index in [9.17, 15) is 4.79 Å². The van der Waals surface area contributed by atoms with Gasteiger partial charge in [0.05, 0.1) is 19.2 Å². The molecule has 0 radical (unpaired) electrons. The lowest BCUT2D eigenvalue weighted by molar-refractivity contribution is 0.0598. The highest BCUT2D eigenvalue weighted by Crippen LogP contribution is 2.38. The summed E-state index contributed by atoms with van der Waals surface area (Å²) in [6.45, 7) is 5.08. The van der Waals surface area contributed by atoms with Crippen molar-refractivity contribution in [3.05, 3.63) is 46.0 Å². The second-order valence-electron chi connectivity index (χ2n) is 10.6. The number of nitrogens with zero attached hydrogens (tertiary/aromatic N) is 5. The molecule has 0 bridgehead atoms. The number of aromatic amines is 1. The van der Waals surface area contributed by atoms with Crippen LogP contribution in [0.15, 0.2) is 29.1 Å². The van der Waals surface area contributed by atoms with Crippen LogP contribution in [0.4, 0.5) is 0 Å². The van der Waals surface area contributed by atoms with Crippen molar-refractivity contribution in [2.24, 2.45) is 5.92 Å². The van der Waals surface area contributed by atoms with Gasteiger partial charge in [-0.05, 0) is 66.3 Å². The molecule has 2 aromatic heterocycles. The van der Waals surface area contributed by atoms with Gasteiger partial charge >= 0.3 is 0 Å². The molecule has 0 aliphatic heterocycles. The van der Waals surface area contributed by atoms with Gasteiger partial charge in [-0.3, -0.25) is 9.69 Å². The van der Waals surface area contributed by atoms with E-state index in [-0.39, 0.29) is 11.6 Å². The Morgan fingerprint density at radius 2 is 1.83 bits per heavy atom. The lowest BCUT2D eigenvalue weighted by Gasteiger charge is -2.41. The predicted molar refractivity (Wildman–Crippen MR) is 136 cm³/mol. The number of benzene rings is 1. The molecule has 3 aromatic rings. The summed E-state index contributed by atoms with van der Waals surface area (Å²) in [7, 11) is 1.67. The predicted octanol–water partition coefficient (Wildman–Crippen LogP) is 5.17. The molecule has 0 unspecified atom stereocenters. The molecule has 0 saturated heterocycles. The van der Waals surface area contributed by atoms with E-state index in [1.54, 1.807) is 7.11 Å². The fourth-order valence-corrected chi connectivity index (χ4v) is 6.17. The van der Waals surface area contributed by atoms with Gasteiger partial charge in [-0.25, -0.2) is 4.68 Å². The fourth-order valence-electron chi connectivity index (χ4n) is 6.17. The Labute approximate surface area is 207 Å². The third kappa shape index (κ3) is 4.99. The van der Waals surface area contributed by atoms with Crippen molar-refractivity contribution < 1.29 is 4.74 Å². The van der Waals surface area contributed by atoms with Gasteiger partial charge in [-0.15, -0.1) is 5.10 Å². The van der Waals surface area contributed by atoms with Gasteiger partial charge in [0.25, 0.3) is 5.56 Å². The summed E-state index contributed by atoms with van der Waals surface area (Å²) in [4.78, 5) is 18.8. The lowest BCUT2D eigenvalue weighted by atomic mass is 9.90. The molecular weight excluding hydrogens is 440 g/mol. The van der Waals surface area contributed by atoms with E-state index in [1.165, 1.54) is 32.1 Å². The van der Waals surface area contributed by atoms with E-state index in [2.05, 4.69) is 43.9 Å². The number of pyridine rings is 1. The number of tetrazole rings is 1. The minimum atomic E-state index is -0.0265. The van der Waals surface area contributed by atoms with Crippen LogP contribution in [0.3, 0.4) is 0 Å². The van der Waals surface area contributed by atoms with Gasteiger partial charge in [0.2, 0.25) is 0 Å². The number of hydrogen-bond acceptors (Lipinski definition) is 6. The maximum atomic E-state index is 13.2. The fraction of sp³-hybridized carbons (Fsp3) is 0.630. The molecular formula is C27H38N6O2. The van der Waals surface area contributed by atoms with Crippen molar-refractivity contribution in [2.75, 3.05) is 7.11 Å². The zero-order valence-corrected chi connectivity index (χ0v) is 21.2. The third-order valence-corrected chi connectivity index (χ3v) is 7.97. The summed E-state index contributed by atoms with van der Waals surface area (Å²) < 4.78 is 7.52. The largest absolute Gasteiger partial charge is 0.497 e. The van der Waals surface area contributed by atoms with Crippen LogP contribution in [0.25, 0.3) is 10.9 Å². The van der Waals surface area contributed by atoms with E-state index in [4.69, 9.17) is 4.74 Å². The molecule has 2 heterocycles. The smallest absolute Gasteiger partial charge is 0.252 e. The first kappa shape index (κ1) is 24.0. The molecule has 188 valence electrons. The normalized spacial score (nSPS) is 18.7. The Hall–Kier alpha value is -2.74. The summed E-state index contributed by atoms with van der Waals surface area (Å²) in [5.41, 5.74) is 1.58. The standard InChI is InChI=1S/C27H38N6O2/c1-18(2)25(26-29-30-31-33(26)22-11-7-8-12-22)32(21-9-5-4-6-10-21)17-20-15-19-16-23(35-3)13-14-24(19)28-27(20)34/h13-16,18,21-22,25H,4-12,17H2,1-3H3,(H,28,34)/t25-/m0/s1. The lowest BCUT2D eigenvalue weighted by Crippen LogP contribution is -2.43. The summed E-state index contributed by atoms with van der Waals surface area (Å²) in [5.74, 6) is 2.05. The molecule has 1 atom stereocenters. The second-order valence-corrected chi connectivity index (χ2v) is 10.6. The molecule has 1 aromatic carbocycles. The quantitative estimate of drug-likeness (QED) is 0.480. The summed E-state index contributed by atoms with van der Waals surface area (Å²) >= 11 is 0. The van der Waals surface area contributed by atoms with E-state index in [0.29, 0.717) is 24.5 Å². The average molecular weight is 479 g/mol. The maximum absolute atomic E-state index is 13.2. The number of nitrogens with one attached hydrogen (secondary N) is 1. The van der Waals surface area contributed by atoms with Gasteiger partial charge in [0.1, 0.15) is 5.75 Å². The Morgan fingerprint density at radius 3 is 2.54 bits per heavy atom. The van der Waals surface area contributed by atoms with E-state index >= 15 is 0 Å². The molecule has 5 rings (SSSR count). The molecule has 2 saturated carbocycles. The summed E-state index contributed by atoms with van der Waals surface area (Å²) in [6, 6.07) is 8.64. The third-order valence-electron chi connectivity index (χ3n) is 7.97. The number of fused-ring (bicyclic) bond motifs is 1. The van der Waals surface area contributed by atoms with Crippen molar-refractivity contribution in [1.82, 2.24) is 30.1 Å². The van der Waals surface area contributed by atoms with Gasteiger partial charge in [-0.2, -0.15) is 0 Å². The Morgan fingerprint density at radius 1 is 1.09 bits per heavy atom. The first-order valence-electron chi connectivity index (χ1n) is 13.3. The van der Waals surface area contributed by atoms with E-state index < -0.39 is 0 Å². The van der Waals surface area contributed by atoms with Crippen molar-refractivity contribution >= 4 is 10.9 Å². The number of rotatable bonds is 8. The monoisotopic (exact) mass is 478 g/mol. The van der Waals surface area contributed by atoms with Crippen molar-refractivity contribution in [1.29, 1.82) is 0 Å². The zero-order valence-electron chi connectivity index (χ0n) is 21.2. The Balaban J connectivity index is 1.55. The number of ether oxygens (including phenoxy) is 1. The molecule has 2 fully saturated rings. The molecule has 1 N–H and O–H groups in total. The Bertz CT molecular complexity index is 1190. The van der Waals surface area contributed by atoms with Crippen LogP contribution < -0.4 is 10.3 Å². The number of aromatic nitrogens is 5. The van der Waals surface area contributed by atoms with Crippen LogP contribution in [0.2, 0.25) is 0 Å². The van der Waals surface area contributed by atoms with Crippen LogP contribution in [0.5, 0.6) is 5.75 Å². The molecule has 0 spiro atoms. The topological polar surface area (TPSA) is 88.9 Å². The number of H-pyrrole nitrogens is 1. The van der Waals surface area contributed by atoms with Crippen molar-refractivity contribution in [3.8, 4) is 5.75 Å². The average Bonchev–Trinajstić information content (AvgIpc) is 3.56. The number of methoxy groups -OCH3 is 1. The summed E-state index contributed by atoms with van der Waals surface area (Å²) in [6.07, 6.45) is 10.8. The zero-order chi connectivity index (χ0) is 24.4. The molecule has 2 aliphatic rings. The van der Waals surface area contributed by atoms with Crippen LogP contribution >= 0.6 is 0 Å². The van der Waals surface area contributed by atoms with Crippen molar-refractivity contribution in [2.45, 2.75) is 96.3 Å². The van der Waals surface area contributed by atoms with Crippen LogP contribution in [-0.4, -0.2) is 43.2 Å². The van der Waals surface area contributed by atoms with Crippen LogP contribution in [0, 0.1) is 5.92 Å². The molecule has 2 aliphatic carbocycles. The highest BCUT2D eigenvalue weighted by atomic mass is 16.5. The molecule has 8 nitrogen and oxygen atoms in total. The Kier molecular flexibility index (Phi) is 7.18. The second kappa shape index (κ2) is 10.5. The van der Waals surface area contributed by atoms with Gasteiger partial charge < -0.3 is 9.72 Å². The summed E-state index contributed by atoms with van der Waals surface area (Å²) in [5, 5.41) is 14.2. The first-order valence-corrected chi connectivity index (χ1v) is 13.3.